The van der Waals surface area contributed by atoms with Crippen LogP contribution in [0.3, 0.4) is 0 Å². The molecular formula is C34H44N4O6S2. The van der Waals surface area contributed by atoms with Crippen LogP contribution in [0.5, 0.6) is 0 Å². The van der Waals surface area contributed by atoms with Gasteiger partial charge in [0.1, 0.15) is 6.04 Å². The lowest BCUT2D eigenvalue weighted by molar-refractivity contribution is -0.384. The number of nitrogens with zero attached hydrogens (tertiary/aromatic N) is 2. The molecule has 0 aliphatic carbocycles. The summed E-state index contributed by atoms with van der Waals surface area (Å²) in [5.74, 6) is 0.561. The second-order valence-corrected chi connectivity index (χ2v) is 13.2. The highest BCUT2D eigenvalue weighted by atomic mass is 32.2. The van der Waals surface area contributed by atoms with Gasteiger partial charge in [-0.15, -0.1) is 11.8 Å². The van der Waals surface area contributed by atoms with Gasteiger partial charge in [0.15, 0.2) is 0 Å². The van der Waals surface area contributed by atoms with E-state index in [9.17, 15) is 24.5 Å². The zero-order chi connectivity index (χ0) is 33.5. The van der Waals surface area contributed by atoms with Crippen molar-refractivity contribution < 1.29 is 24.0 Å². The second kappa shape index (κ2) is 19.1. The Balaban J connectivity index is 1.76. The number of benzene rings is 3. The molecule has 0 saturated carbocycles. The number of carbonyl (C=O) groups excluding carboxylic acids is 3. The third kappa shape index (κ3) is 11.6. The fourth-order valence-electron chi connectivity index (χ4n) is 5.13. The smallest absolute Gasteiger partial charge is 0.328 e. The summed E-state index contributed by atoms with van der Waals surface area (Å²) in [6, 6.07) is 19.6. The van der Waals surface area contributed by atoms with Crippen molar-refractivity contribution in [1.82, 2.24) is 15.5 Å². The number of esters is 1. The van der Waals surface area contributed by atoms with Crippen molar-refractivity contribution >= 4 is 57.8 Å². The van der Waals surface area contributed by atoms with E-state index in [1.54, 1.807) is 17.8 Å². The molecule has 2 N–H and O–H groups in total. The van der Waals surface area contributed by atoms with Gasteiger partial charge in [-0.2, -0.15) is 11.8 Å². The number of nitro groups is 1. The van der Waals surface area contributed by atoms with Crippen molar-refractivity contribution in [3.63, 3.8) is 0 Å². The molecule has 0 fully saturated rings. The van der Waals surface area contributed by atoms with Crippen LogP contribution >= 0.6 is 23.5 Å². The number of amides is 2. The summed E-state index contributed by atoms with van der Waals surface area (Å²) in [5.41, 5.74) is 1.86. The van der Waals surface area contributed by atoms with Crippen LogP contribution in [0.4, 0.5) is 5.69 Å². The van der Waals surface area contributed by atoms with Gasteiger partial charge < -0.3 is 15.4 Å². The quantitative estimate of drug-likeness (QED) is 0.0976. The largest absolute Gasteiger partial charge is 0.467 e. The van der Waals surface area contributed by atoms with E-state index in [4.69, 9.17) is 4.74 Å². The van der Waals surface area contributed by atoms with Gasteiger partial charge in [0.25, 0.3) is 5.69 Å². The van der Waals surface area contributed by atoms with Gasteiger partial charge in [0.2, 0.25) is 11.8 Å². The Bertz CT molecular complexity index is 1470. The number of hydrogen-bond donors (Lipinski definition) is 2. The van der Waals surface area contributed by atoms with Gasteiger partial charge in [-0.25, -0.2) is 4.79 Å². The van der Waals surface area contributed by atoms with E-state index in [1.807, 2.05) is 41.5 Å². The molecule has 248 valence electrons. The Hall–Kier alpha value is -3.61. The predicted molar refractivity (Wildman–Crippen MR) is 187 cm³/mol. The third-order valence-corrected chi connectivity index (χ3v) is 9.48. The maximum Gasteiger partial charge on any atom is 0.328 e. The zero-order valence-corrected chi connectivity index (χ0v) is 28.5. The van der Waals surface area contributed by atoms with E-state index in [2.05, 4.69) is 42.7 Å². The number of ether oxygens (including phenoxy) is 1. The Morgan fingerprint density at radius 1 is 1.02 bits per heavy atom. The molecule has 0 spiro atoms. The molecule has 0 unspecified atom stereocenters. The zero-order valence-electron chi connectivity index (χ0n) is 26.9. The molecule has 10 nitrogen and oxygen atoms in total. The van der Waals surface area contributed by atoms with Gasteiger partial charge in [-0.05, 0) is 46.2 Å². The first kappa shape index (κ1) is 36.9. The molecule has 0 saturated heterocycles. The number of non-ortho nitro benzene ring substituents is 1. The van der Waals surface area contributed by atoms with E-state index < -0.39 is 16.9 Å². The van der Waals surface area contributed by atoms with Crippen molar-refractivity contribution in [2.24, 2.45) is 5.92 Å². The summed E-state index contributed by atoms with van der Waals surface area (Å²) in [7, 11) is 1.31. The molecule has 0 heterocycles. The lowest BCUT2D eigenvalue weighted by Gasteiger charge is -2.31. The molecule has 2 amide bonds. The van der Waals surface area contributed by atoms with Crippen LogP contribution < -0.4 is 10.6 Å². The number of methoxy groups -OCH3 is 1. The van der Waals surface area contributed by atoms with Gasteiger partial charge in [0, 0.05) is 37.0 Å². The van der Waals surface area contributed by atoms with Crippen molar-refractivity contribution in [3.05, 3.63) is 88.0 Å². The molecule has 46 heavy (non-hydrogen) atoms. The van der Waals surface area contributed by atoms with Gasteiger partial charge in [-0.1, -0.05) is 74.9 Å². The van der Waals surface area contributed by atoms with Gasteiger partial charge >= 0.3 is 5.97 Å². The van der Waals surface area contributed by atoms with Crippen LogP contribution in [0.1, 0.15) is 37.8 Å². The lowest BCUT2D eigenvalue weighted by atomic mass is 9.97. The van der Waals surface area contributed by atoms with E-state index in [1.165, 1.54) is 31.0 Å². The van der Waals surface area contributed by atoms with E-state index in [-0.39, 0.29) is 41.8 Å². The normalized spacial score (nSPS) is 13.2. The van der Waals surface area contributed by atoms with Crippen molar-refractivity contribution in [1.29, 1.82) is 0 Å². The summed E-state index contributed by atoms with van der Waals surface area (Å²) in [4.78, 5) is 51.6. The first-order valence-corrected chi connectivity index (χ1v) is 17.9. The summed E-state index contributed by atoms with van der Waals surface area (Å²) in [6.07, 6.45) is 3.22. The molecule has 0 aliphatic rings. The fourth-order valence-corrected chi connectivity index (χ4v) is 6.38. The Labute approximate surface area is 279 Å². The minimum Gasteiger partial charge on any atom is -0.467 e. The number of carbonyl (C=O) groups is 3. The number of nitro benzene ring substituents is 1. The highest BCUT2D eigenvalue weighted by Gasteiger charge is 2.26. The second-order valence-electron chi connectivity index (χ2n) is 11.2. The Morgan fingerprint density at radius 2 is 1.76 bits per heavy atom. The van der Waals surface area contributed by atoms with Crippen LogP contribution in [-0.2, 0) is 31.4 Å². The molecular weight excluding hydrogens is 625 g/mol. The summed E-state index contributed by atoms with van der Waals surface area (Å²) in [5, 5.41) is 19.3. The molecule has 0 aromatic heterocycles. The molecule has 0 bridgehead atoms. The van der Waals surface area contributed by atoms with Crippen molar-refractivity contribution in [2.45, 2.75) is 51.1 Å². The average molecular weight is 669 g/mol. The van der Waals surface area contributed by atoms with Crippen molar-refractivity contribution in [2.75, 3.05) is 38.0 Å². The van der Waals surface area contributed by atoms with Crippen LogP contribution in [0.25, 0.3) is 10.8 Å². The van der Waals surface area contributed by atoms with Crippen LogP contribution in [-0.4, -0.2) is 77.7 Å². The van der Waals surface area contributed by atoms with Crippen LogP contribution in [0.15, 0.2) is 66.7 Å². The predicted octanol–water partition coefficient (Wildman–Crippen LogP) is 5.43. The van der Waals surface area contributed by atoms with E-state index >= 15 is 0 Å². The Morgan fingerprint density at radius 3 is 2.48 bits per heavy atom. The molecule has 3 atom stereocenters. The standard InChI is InChI=1S/C34H44N4O6S2/c1-5-24(2)31(36-33(40)23-46-22-25-10-8-14-28(18-25)38(42)43)20-37(19-27-13-9-12-26-11-6-7-15-29(26)27)21-32(39)35-30(16-17-45-4)34(41)44-3/h6-15,18,24,30-31H,5,16-17,19-23H2,1-4H3,(H,35,39)(H,36,40)/t24-,30-,31+/m0/s1. The average Bonchev–Trinajstić information content (AvgIpc) is 3.05. The SMILES string of the molecule is CC[C@H](C)[C@@H](CN(CC(=O)N[C@@H](CCSC)C(=O)OC)Cc1cccc2ccccc12)NC(=O)CSCc1cccc([N+](=O)[O-])c1. The summed E-state index contributed by atoms with van der Waals surface area (Å²) in [6.45, 7) is 5.05. The highest BCUT2D eigenvalue weighted by Crippen LogP contribution is 2.22. The number of hydrogen-bond acceptors (Lipinski definition) is 9. The molecule has 12 heteroatoms. The van der Waals surface area contributed by atoms with Gasteiger partial charge in [-0.3, -0.25) is 24.6 Å². The maximum absolute atomic E-state index is 13.4. The first-order chi connectivity index (χ1) is 22.1. The molecule has 0 radical (unpaired) electrons. The Kier molecular flexibility index (Phi) is 15.3. The summed E-state index contributed by atoms with van der Waals surface area (Å²) < 4.78 is 4.93. The summed E-state index contributed by atoms with van der Waals surface area (Å²) >= 11 is 2.98. The first-order valence-electron chi connectivity index (χ1n) is 15.3. The molecule has 3 aromatic rings. The lowest BCUT2D eigenvalue weighted by Crippen LogP contribution is -2.51. The molecule has 3 rings (SSSR count). The van der Waals surface area contributed by atoms with Crippen LogP contribution in [0.2, 0.25) is 0 Å². The molecule has 0 aliphatic heterocycles. The number of fused-ring (bicyclic) bond motifs is 1. The van der Waals surface area contributed by atoms with Crippen molar-refractivity contribution in [3.8, 4) is 0 Å². The minimum absolute atomic E-state index is 0.0249. The number of rotatable bonds is 19. The van der Waals surface area contributed by atoms with Crippen LogP contribution in [0, 0.1) is 16.0 Å². The highest BCUT2D eigenvalue weighted by molar-refractivity contribution is 7.99. The maximum atomic E-state index is 13.4. The topological polar surface area (TPSA) is 131 Å². The van der Waals surface area contributed by atoms with E-state index in [0.717, 1.165) is 28.3 Å². The fraction of sp³-hybridized carbons (Fsp3) is 0.441. The number of nitrogens with one attached hydrogen (secondary N) is 2. The third-order valence-electron chi connectivity index (χ3n) is 7.83. The van der Waals surface area contributed by atoms with Gasteiger partial charge in [0.05, 0.1) is 24.3 Å². The van der Waals surface area contributed by atoms with E-state index in [0.29, 0.717) is 31.0 Å². The monoisotopic (exact) mass is 668 g/mol. The molecule has 3 aromatic carbocycles. The minimum atomic E-state index is -0.738. The number of thioether (sulfide) groups is 2.